The minimum Gasteiger partial charge on any atom is -0.313 e. The lowest BCUT2D eigenvalue weighted by atomic mass is 10.2. The van der Waals surface area contributed by atoms with Crippen LogP contribution in [0.3, 0.4) is 0 Å². The molecule has 0 bridgehead atoms. The summed E-state index contributed by atoms with van der Waals surface area (Å²) < 4.78 is 12.9. The van der Waals surface area contributed by atoms with Gasteiger partial charge in [0, 0.05) is 16.7 Å². The average Bonchev–Trinajstić information content (AvgIpc) is 2.27. The Labute approximate surface area is 101 Å². The summed E-state index contributed by atoms with van der Waals surface area (Å²) in [5, 5.41) is 3.38. The Balaban J connectivity index is 2.44. The topological polar surface area (TPSA) is 12.0 Å². The van der Waals surface area contributed by atoms with Gasteiger partial charge in [0.2, 0.25) is 0 Å². The quantitative estimate of drug-likeness (QED) is 0.577. The first-order valence-corrected chi connectivity index (χ1v) is 6.47. The third-order valence-electron chi connectivity index (χ3n) is 2.19. The van der Waals surface area contributed by atoms with Crippen molar-refractivity contribution < 1.29 is 4.39 Å². The van der Waals surface area contributed by atoms with Crippen LogP contribution in [0.4, 0.5) is 4.39 Å². The van der Waals surface area contributed by atoms with E-state index in [9.17, 15) is 4.39 Å². The monoisotopic (exact) mass is 239 g/mol. The second kappa shape index (κ2) is 7.47. The van der Waals surface area contributed by atoms with Crippen LogP contribution in [0.5, 0.6) is 0 Å². The zero-order chi connectivity index (χ0) is 11.8. The highest BCUT2D eigenvalue weighted by Crippen LogP contribution is 2.20. The molecule has 1 rings (SSSR count). The lowest BCUT2D eigenvalue weighted by Crippen LogP contribution is -2.30. The van der Waals surface area contributed by atoms with Crippen LogP contribution in [-0.2, 0) is 0 Å². The summed E-state index contributed by atoms with van der Waals surface area (Å²) in [6, 6.07) is 7.13. The molecule has 0 aromatic heterocycles. The van der Waals surface area contributed by atoms with E-state index < -0.39 is 0 Å². The first kappa shape index (κ1) is 13.3. The predicted octanol–water partition coefficient (Wildman–Crippen LogP) is 3.47. The van der Waals surface area contributed by atoms with E-state index >= 15 is 0 Å². The zero-order valence-electron chi connectivity index (χ0n) is 9.58. The number of thioether (sulfide) groups is 1. The molecular weight excluding hydrogens is 221 g/mol. The van der Waals surface area contributed by atoms with Gasteiger partial charge in [-0.2, -0.15) is 0 Å². The van der Waals surface area contributed by atoms with Crippen molar-refractivity contribution in [1.29, 1.82) is 0 Å². The molecule has 0 fully saturated rings. The molecule has 0 radical (unpaired) electrons. The van der Waals surface area contributed by atoms with Crippen LogP contribution in [0, 0.1) is 5.82 Å². The molecule has 0 aliphatic rings. The maximum atomic E-state index is 12.9. The minimum atomic E-state index is -0.172. The molecule has 0 aliphatic heterocycles. The highest BCUT2D eigenvalue weighted by molar-refractivity contribution is 7.99. The molecule has 88 valence electrons. The first-order chi connectivity index (χ1) is 7.76. The Hall–Kier alpha value is -0.800. The Kier molecular flexibility index (Phi) is 6.19. The van der Waals surface area contributed by atoms with Gasteiger partial charge in [0.1, 0.15) is 5.82 Å². The lowest BCUT2D eigenvalue weighted by Gasteiger charge is -2.15. The van der Waals surface area contributed by atoms with E-state index in [4.69, 9.17) is 0 Å². The van der Waals surface area contributed by atoms with Gasteiger partial charge < -0.3 is 5.32 Å². The molecule has 1 aromatic rings. The van der Waals surface area contributed by atoms with Gasteiger partial charge in [0.15, 0.2) is 0 Å². The van der Waals surface area contributed by atoms with Gasteiger partial charge >= 0.3 is 0 Å². The Bertz CT molecular complexity index is 327. The fourth-order valence-corrected chi connectivity index (χ4v) is 2.47. The number of halogens is 1. The summed E-state index contributed by atoms with van der Waals surface area (Å²) in [4.78, 5) is 0.979. The van der Waals surface area contributed by atoms with Crippen LogP contribution in [0.2, 0.25) is 0 Å². The van der Waals surface area contributed by atoms with E-state index in [1.807, 2.05) is 12.1 Å². The molecule has 0 heterocycles. The van der Waals surface area contributed by atoms with Gasteiger partial charge in [0.25, 0.3) is 0 Å². The van der Waals surface area contributed by atoms with Gasteiger partial charge in [-0.05, 0) is 31.2 Å². The molecular formula is C13H18FNS. The van der Waals surface area contributed by atoms with Crippen LogP contribution in [0.15, 0.2) is 41.8 Å². The molecule has 16 heavy (non-hydrogen) atoms. The molecule has 0 aliphatic carbocycles. The molecule has 0 spiro atoms. The number of hydrogen-bond donors (Lipinski definition) is 1. The van der Waals surface area contributed by atoms with Gasteiger partial charge in [-0.1, -0.05) is 19.1 Å². The van der Waals surface area contributed by atoms with Crippen molar-refractivity contribution in [2.24, 2.45) is 0 Å². The Morgan fingerprint density at radius 1 is 1.56 bits per heavy atom. The molecule has 1 N–H and O–H groups in total. The minimum absolute atomic E-state index is 0.172. The summed E-state index contributed by atoms with van der Waals surface area (Å²) in [5.74, 6) is 0.761. The normalized spacial score (nSPS) is 12.4. The van der Waals surface area contributed by atoms with Crippen molar-refractivity contribution in [2.75, 3.05) is 12.3 Å². The van der Waals surface area contributed by atoms with Gasteiger partial charge in [-0.15, -0.1) is 18.3 Å². The summed E-state index contributed by atoms with van der Waals surface area (Å²) >= 11 is 1.67. The number of hydrogen-bond acceptors (Lipinski definition) is 2. The van der Waals surface area contributed by atoms with E-state index in [0.29, 0.717) is 6.04 Å². The van der Waals surface area contributed by atoms with Crippen molar-refractivity contribution in [2.45, 2.75) is 24.3 Å². The number of benzene rings is 1. The second-order valence-corrected chi connectivity index (χ2v) is 4.64. The van der Waals surface area contributed by atoms with Gasteiger partial charge in [-0.3, -0.25) is 0 Å². The third-order valence-corrected chi connectivity index (χ3v) is 3.35. The number of nitrogens with one attached hydrogen (secondary N) is 1. The maximum Gasteiger partial charge on any atom is 0.124 e. The Morgan fingerprint density at radius 3 is 3.00 bits per heavy atom. The zero-order valence-corrected chi connectivity index (χ0v) is 10.4. The van der Waals surface area contributed by atoms with Crippen molar-refractivity contribution in [3.05, 3.63) is 42.7 Å². The molecule has 0 saturated heterocycles. The molecule has 3 heteroatoms. The fourth-order valence-electron chi connectivity index (χ4n) is 1.45. The van der Waals surface area contributed by atoms with Crippen LogP contribution >= 0.6 is 11.8 Å². The van der Waals surface area contributed by atoms with E-state index in [1.54, 1.807) is 23.9 Å². The maximum absolute atomic E-state index is 12.9. The fraction of sp³-hybridized carbons (Fsp3) is 0.385. The van der Waals surface area contributed by atoms with Gasteiger partial charge in [-0.25, -0.2) is 4.39 Å². The van der Waals surface area contributed by atoms with Gasteiger partial charge in [0.05, 0.1) is 0 Å². The van der Waals surface area contributed by atoms with E-state index in [1.165, 1.54) is 6.07 Å². The van der Waals surface area contributed by atoms with Crippen molar-refractivity contribution >= 4 is 11.8 Å². The van der Waals surface area contributed by atoms with E-state index in [0.717, 1.165) is 23.6 Å². The summed E-state index contributed by atoms with van der Waals surface area (Å²) in [7, 11) is 0. The molecule has 0 amide bonds. The van der Waals surface area contributed by atoms with Crippen LogP contribution in [-0.4, -0.2) is 18.3 Å². The van der Waals surface area contributed by atoms with E-state index in [-0.39, 0.29) is 5.82 Å². The van der Waals surface area contributed by atoms with Crippen molar-refractivity contribution in [3.63, 3.8) is 0 Å². The van der Waals surface area contributed by atoms with Crippen molar-refractivity contribution in [1.82, 2.24) is 5.32 Å². The number of rotatable bonds is 7. The molecule has 1 atom stereocenters. The van der Waals surface area contributed by atoms with Crippen LogP contribution in [0.1, 0.15) is 13.3 Å². The highest BCUT2D eigenvalue weighted by Gasteiger charge is 2.06. The predicted molar refractivity (Wildman–Crippen MR) is 69.4 cm³/mol. The third kappa shape index (κ3) is 4.81. The second-order valence-electron chi connectivity index (χ2n) is 3.55. The van der Waals surface area contributed by atoms with E-state index in [2.05, 4.69) is 18.8 Å². The largest absolute Gasteiger partial charge is 0.313 e. The van der Waals surface area contributed by atoms with Crippen LogP contribution < -0.4 is 5.32 Å². The summed E-state index contributed by atoms with van der Waals surface area (Å²) in [6.07, 6.45) is 2.86. The summed E-state index contributed by atoms with van der Waals surface area (Å²) in [6.45, 7) is 6.78. The SMILES string of the molecule is C=CCC(CSc1cccc(F)c1)NCC. The smallest absolute Gasteiger partial charge is 0.124 e. The molecule has 0 saturated carbocycles. The Morgan fingerprint density at radius 2 is 2.38 bits per heavy atom. The highest BCUT2D eigenvalue weighted by atomic mass is 32.2. The first-order valence-electron chi connectivity index (χ1n) is 5.49. The standard InChI is InChI=1S/C13H18FNS/c1-3-6-12(15-4-2)10-16-13-8-5-7-11(14)9-13/h3,5,7-9,12,15H,1,4,6,10H2,2H3. The van der Waals surface area contributed by atoms with Crippen LogP contribution in [0.25, 0.3) is 0 Å². The lowest BCUT2D eigenvalue weighted by molar-refractivity contribution is 0.582. The molecule has 1 aromatic carbocycles. The molecule has 1 nitrogen and oxygen atoms in total. The average molecular weight is 239 g/mol. The summed E-state index contributed by atoms with van der Waals surface area (Å²) in [5.41, 5.74) is 0. The molecule has 1 unspecified atom stereocenters. The van der Waals surface area contributed by atoms with Crippen molar-refractivity contribution in [3.8, 4) is 0 Å².